The predicted molar refractivity (Wildman–Crippen MR) is 134 cm³/mol. The number of fused-ring (bicyclic) bond motifs is 1. The van der Waals surface area contributed by atoms with Crippen molar-refractivity contribution >= 4 is 23.3 Å². The van der Waals surface area contributed by atoms with Crippen LogP contribution >= 0.6 is 11.6 Å². The number of ketones is 1. The predicted octanol–water partition coefficient (Wildman–Crippen LogP) is 5.30. The van der Waals surface area contributed by atoms with Crippen molar-refractivity contribution in [3.8, 4) is 0 Å². The Morgan fingerprint density at radius 2 is 1.64 bits per heavy atom. The molecule has 1 fully saturated rings. The Hall–Kier alpha value is -2.43. The summed E-state index contributed by atoms with van der Waals surface area (Å²) < 4.78 is 0. The molecule has 1 saturated heterocycles. The van der Waals surface area contributed by atoms with E-state index in [0.29, 0.717) is 5.92 Å². The first kappa shape index (κ1) is 23.7. The van der Waals surface area contributed by atoms with Gasteiger partial charge in [0, 0.05) is 56.2 Å². The van der Waals surface area contributed by atoms with E-state index in [0.717, 1.165) is 69.0 Å². The number of piperidine rings is 1. The maximum atomic E-state index is 12.8. The summed E-state index contributed by atoms with van der Waals surface area (Å²) in [6.45, 7) is 8.25. The first-order chi connectivity index (χ1) is 16.0. The Bertz CT molecular complexity index is 993. The van der Waals surface area contributed by atoms with Crippen LogP contribution in [0.1, 0.15) is 58.6 Å². The molecule has 2 aromatic rings. The fourth-order valence-corrected chi connectivity index (χ4v) is 5.16. The number of benzene rings is 2. The van der Waals surface area contributed by atoms with E-state index in [1.165, 1.54) is 16.7 Å². The molecule has 0 bridgehead atoms. The fourth-order valence-electron chi connectivity index (χ4n) is 5.03. The summed E-state index contributed by atoms with van der Waals surface area (Å²) >= 11 is 5.99. The zero-order valence-corrected chi connectivity index (χ0v) is 20.0. The second-order valence-electron chi connectivity index (χ2n) is 9.20. The molecule has 0 unspecified atom stereocenters. The van der Waals surface area contributed by atoms with E-state index < -0.39 is 0 Å². The molecule has 4 rings (SSSR count). The normalized spacial score (nSPS) is 17.3. The SMILES string of the molecule is C=CCN1CCc2ccc(C(=O)CCC(=O)N3CCC(c4ccc(Cl)cc4)CC3)cc2CC1. The smallest absolute Gasteiger partial charge is 0.223 e. The van der Waals surface area contributed by atoms with Gasteiger partial charge in [0.1, 0.15) is 0 Å². The van der Waals surface area contributed by atoms with Crippen molar-refractivity contribution in [3.63, 3.8) is 0 Å². The van der Waals surface area contributed by atoms with Gasteiger partial charge in [0.05, 0.1) is 0 Å². The van der Waals surface area contributed by atoms with Crippen molar-refractivity contribution in [2.24, 2.45) is 0 Å². The van der Waals surface area contributed by atoms with Crippen LogP contribution in [0.5, 0.6) is 0 Å². The zero-order valence-electron chi connectivity index (χ0n) is 19.3. The molecule has 0 N–H and O–H groups in total. The van der Waals surface area contributed by atoms with Gasteiger partial charge in [-0.25, -0.2) is 0 Å². The number of carbonyl (C=O) groups excluding carboxylic acids is 2. The average molecular weight is 465 g/mol. The second-order valence-corrected chi connectivity index (χ2v) is 9.64. The van der Waals surface area contributed by atoms with Gasteiger partial charge in [-0.1, -0.05) is 41.9 Å². The number of hydrogen-bond acceptors (Lipinski definition) is 3. The summed E-state index contributed by atoms with van der Waals surface area (Å²) in [5.74, 6) is 0.622. The van der Waals surface area contributed by atoms with Gasteiger partial charge in [0.25, 0.3) is 0 Å². The number of rotatable bonds is 7. The van der Waals surface area contributed by atoms with Crippen molar-refractivity contribution in [1.29, 1.82) is 0 Å². The maximum Gasteiger partial charge on any atom is 0.223 e. The third-order valence-corrected chi connectivity index (χ3v) is 7.32. The Balaban J connectivity index is 1.26. The van der Waals surface area contributed by atoms with Gasteiger partial charge >= 0.3 is 0 Å². The van der Waals surface area contributed by atoms with Crippen LogP contribution < -0.4 is 0 Å². The van der Waals surface area contributed by atoms with Gasteiger partial charge in [-0.2, -0.15) is 0 Å². The second kappa shape index (κ2) is 11.1. The van der Waals surface area contributed by atoms with Crippen LogP contribution in [0.4, 0.5) is 0 Å². The lowest BCUT2D eigenvalue weighted by Gasteiger charge is -2.32. The molecule has 0 aromatic heterocycles. The minimum atomic E-state index is 0.0643. The lowest BCUT2D eigenvalue weighted by atomic mass is 9.89. The Kier molecular flexibility index (Phi) is 8.00. The summed E-state index contributed by atoms with van der Waals surface area (Å²) in [5, 5.41) is 0.750. The van der Waals surface area contributed by atoms with E-state index in [1.807, 2.05) is 29.2 Å². The van der Waals surface area contributed by atoms with Crippen LogP contribution in [0.3, 0.4) is 0 Å². The number of carbonyl (C=O) groups is 2. The van der Waals surface area contributed by atoms with Crippen molar-refractivity contribution in [1.82, 2.24) is 9.80 Å². The van der Waals surface area contributed by atoms with E-state index in [9.17, 15) is 9.59 Å². The number of nitrogens with zero attached hydrogens (tertiary/aromatic N) is 2. The molecule has 2 heterocycles. The lowest BCUT2D eigenvalue weighted by molar-refractivity contribution is -0.132. The highest BCUT2D eigenvalue weighted by atomic mass is 35.5. The first-order valence-electron chi connectivity index (χ1n) is 12.0. The first-order valence-corrected chi connectivity index (χ1v) is 12.4. The highest BCUT2D eigenvalue weighted by Gasteiger charge is 2.24. The summed E-state index contributed by atoms with van der Waals surface area (Å²) in [4.78, 5) is 29.9. The molecular weight excluding hydrogens is 432 g/mol. The van der Waals surface area contributed by atoms with Gasteiger partial charge in [-0.3, -0.25) is 14.5 Å². The molecule has 0 atom stereocenters. The quantitative estimate of drug-likeness (QED) is 0.412. The van der Waals surface area contributed by atoms with Gasteiger partial charge < -0.3 is 4.90 Å². The summed E-state index contributed by atoms with van der Waals surface area (Å²) in [6, 6.07) is 14.1. The zero-order chi connectivity index (χ0) is 23.2. The van der Waals surface area contributed by atoms with Gasteiger partial charge in [-0.05, 0) is 66.5 Å². The third-order valence-electron chi connectivity index (χ3n) is 7.07. The molecule has 5 heteroatoms. The van der Waals surface area contributed by atoms with Crippen LogP contribution in [-0.4, -0.2) is 54.2 Å². The van der Waals surface area contributed by atoms with Gasteiger partial charge in [0.2, 0.25) is 5.91 Å². The number of Topliss-reactive ketones (excluding diaryl/α,β-unsaturated/α-hetero) is 1. The Morgan fingerprint density at radius 1 is 0.939 bits per heavy atom. The molecule has 4 nitrogen and oxygen atoms in total. The van der Waals surface area contributed by atoms with E-state index in [1.54, 1.807) is 0 Å². The van der Waals surface area contributed by atoms with Crippen LogP contribution in [0.2, 0.25) is 5.02 Å². The van der Waals surface area contributed by atoms with E-state index >= 15 is 0 Å². The molecule has 174 valence electrons. The van der Waals surface area contributed by atoms with Crippen molar-refractivity contribution in [2.45, 2.75) is 44.4 Å². The Labute approximate surface area is 202 Å². The fraction of sp³-hybridized carbons (Fsp3) is 0.429. The minimum absolute atomic E-state index is 0.0643. The van der Waals surface area contributed by atoms with Crippen LogP contribution in [-0.2, 0) is 17.6 Å². The molecule has 0 aliphatic carbocycles. The summed E-state index contributed by atoms with van der Waals surface area (Å²) in [7, 11) is 0. The molecule has 2 aliphatic rings. The molecule has 2 aromatic carbocycles. The van der Waals surface area contributed by atoms with E-state index in [-0.39, 0.29) is 24.5 Å². The third kappa shape index (κ3) is 6.13. The van der Waals surface area contributed by atoms with Crippen molar-refractivity contribution in [2.75, 3.05) is 32.7 Å². The average Bonchev–Trinajstić information content (AvgIpc) is 3.05. The largest absolute Gasteiger partial charge is 0.343 e. The van der Waals surface area contributed by atoms with Crippen molar-refractivity contribution in [3.05, 3.63) is 82.4 Å². The number of hydrogen-bond donors (Lipinski definition) is 0. The van der Waals surface area contributed by atoms with Crippen LogP contribution in [0.15, 0.2) is 55.1 Å². The molecule has 0 saturated carbocycles. The van der Waals surface area contributed by atoms with Crippen LogP contribution in [0.25, 0.3) is 0 Å². The van der Waals surface area contributed by atoms with Gasteiger partial charge in [-0.15, -0.1) is 6.58 Å². The van der Waals surface area contributed by atoms with Crippen LogP contribution in [0, 0.1) is 0 Å². The Morgan fingerprint density at radius 3 is 2.33 bits per heavy atom. The maximum absolute atomic E-state index is 12.8. The molecule has 33 heavy (non-hydrogen) atoms. The summed E-state index contributed by atoms with van der Waals surface area (Å²) in [5.41, 5.74) is 4.62. The minimum Gasteiger partial charge on any atom is -0.343 e. The molecule has 2 aliphatic heterocycles. The highest BCUT2D eigenvalue weighted by Crippen LogP contribution is 2.29. The molecule has 1 amide bonds. The van der Waals surface area contributed by atoms with E-state index in [4.69, 9.17) is 11.6 Å². The van der Waals surface area contributed by atoms with Gasteiger partial charge in [0.15, 0.2) is 5.78 Å². The molecule has 0 spiro atoms. The highest BCUT2D eigenvalue weighted by molar-refractivity contribution is 6.30. The number of halogens is 1. The molecule has 0 radical (unpaired) electrons. The van der Waals surface area contributed by atoms with E-state index in [2.05, 4.69) is 35.7 Å². The lowest BCUT2D eigenvalue weighted by Crippen LogP contribution is -2.38. The topological polar surface area (TPSA) is 40.6 Å². The summed E-state index contributed by atoms with van der Waals surface area (Å²) in [6.07, 6.45) is 6.37. The monoisotopic (exact) mass is 464 g/mol. The number of likely N-dealkylation sites (tertiary alicyclic amines) is 1. The molecular formula is C28H33ClN2O2. The standard InChI is InChI=1S/C28H33ClN2O2/c1-2-15-30-16-11-22-3-4-25(20-24(22)12-17-30)27(32)9-10-28(33)31-18-13-23(14-19-31)21-5-7-26(29)8-6-21/h2-8,20,23H,1,9-19H2. The number of amides is 1. The van der Waals surface area contributed by atoms with Crippen molar-refractivity contribution < 1.29 is 9.59 Å².